The summed E-state index contributed by atoms with van der Waals surface area (Å²) in [7, 11) is 0. The number of aryl methyl sites for hydroxylation is 1. The molecule has 1 amide bonds. The van der Waals surface area contributed by atoms with E-state index in [0.717, 1.165) is 5.39 Å². The van der Waals surface area contributed by atoms with Gasteiger partial charge in [-0.2, -0.15) is 0 Å². The molecule has 0 radical (unpaired) electrons. The van der Waals surface area contributed by atoms with Crippen molar-refractivity contribution in [3.8, 4) is 0 Å². The number of carboxylic acids is 1. The van der Waals surface area contributed by atoms with Gasteiger partial charge >= 0.3 is 5.97 Å². The molecule has 1 aliphatic carbocycles. The molecule has 0 spiro atoms. The standard InChI is InChI=1S/C14H15N3O4/c1-6-8-4-7(5-15-12(8)21-17-6)16-11(18)9-10(13(19)20)14(9,2)3/h4-5,9-10H,1-3H3,(H,16,18)(H,19,20)/t9-,10+/m0/s1. The van der Waals surface area contributed by atoms with Gasteiger partial charge in [0.05, 0.1) is 34.8 Å². The first-order chi connectivity index (χ1) is 9.82. The van der Waals surface area contributed by atoms with Gasteiger partial charge in [-0.05, 0) is 18.4 Å². The molecule has 1 saturated carbocycles. The van der Waals surface area contributed by atoms with Crippen LogP contribution in [0.5, 0.6) is 0 Å². The van der Waals surface area contributed by atoms with E-state index in [4.69, 9.17) is 9.63 Å². The summed E-state index contributed by atoms with van der Waals surface area (Å²) >= 11 is 0. The largest absolute Gasteiger partial charge is 0.481 e. The van der Waals surface area contributed by atoms with Crippen molar-refractivity contribution in [2.24, 2.45) is 17.3 Å². The highest BCUT2D eigenvalue weighted by atomic mass is 16.5. The summed E-state index contributed by atoms with van der Waals surface area (Å²) in [6, 6.07) is 1.72. The summed E-state index contributed by atoms with van der Waals surface area (Å²) < 4.78 is 5.00. The first kappa shape index (κ1) is 13.5. The van der Waals surface area contributed by atoms with Crippen LogP contribution >= 0.6 is 0 Å². The van der Waals surface area contributed by atoms with E-state index in [-0.39, 0.29) is 5.91 Å². The lowest BCUT2D eigenvalue weighted by Crippen LogP contribution is -2.17. The lowest BCUT2D eigenvalue weighted by molar-refractivity contribution is -0.140. The molecule has 1 fully saturated rings. The normalized spacial score (nSPS) is 23.0. The Morgan fingerprint density at radius 1 is 1.38 bits per heavy atom. The number of fused-ring (bicyclic) bond motifs is 1. The van der Waals surface area contributed by atoms with Crippen molar-refractivity contribution in [3.05, 3.63) is 18.0 Å². The minimum absolute atomic E-state index is 0.303. The van der Waals surface area contributed by atoms with Crippen molar-refractivity contribution < 1.29 is 19.2 Å². The van der Waals surface area contributed by atoms with Crippen molar-refractivity contribution >= 4 is 28.7 Å². The third kappa shape index (κ3) is 2.05. The topological polar surface area (TPSA) is 105 Å². The molecule has 2 atom stereocenters. The number of anilines is 1. The summed E-state index contributed by atoms with van der Waals surface area (Å²) in [6.45, 7) is 5.34. The van der Waals surface area contributed by atoms with Gasteiger partial charge in [-0.15, -0.1) is 0 Å². The predicted octanol–water partition coefficient (Wildman–Crippen LogP) is 1.83. The van der Waals surface area contributed by atoms with Crippen LogP contribution in [0.4, 0.5) is 5.69 Å². The molecule has 110 valence electrons. The quantitative estimate of drug-likeness (QED) is 0.893. The van der Waals surface area contributed by atoms with Crippen LogP contribution in [0.2, 0.25) is 0 Å². The van der Waals surface area contributed by atoms with Crippen molar-refractivity contribution in [2.45, 2.75) is 20.8 Å². The zero-order chi connectivity index (χ0) is 15.4. The molecule has 7 nitrogen and oxygen atoms in total. The van der Waals surface area contributed by atoms with E-state index in [9.17, 15) is 9.59 Å². The molecule has 2 aromatic rings. The molecule has 1 aliphatic rings. The Morgan fingerprint density at radius 3 is 2.71 bits per heavy atom. The Balaban J connectivity index is 1.81. The van der Waals surface area contributed by atoms with E-state index in [1.807, 2.05) is 0 Å². The summed E-state index contributed by atoms with van der Waals surface area (Å²) in [6.07, 6.45) is 1.47. The second-order valence-corrected chi connectivity index (χ2v) is 5.95. The highest BCUT2D eigenvalue weighted by molar-refractivity contribution is 6.00. The molecule has 0 aromatic carbocycles. The molecule has 0 saturated heterocycles. The lowest BCUT2D eigenvalue weighted by atomic mass is 10.1. The maximum absolute atomic E-state index is 12.2. The maximum Gasteiger partial charge on any atom is 0.307 e. The molecule has 2 heterocycles. The number of carbonyl (C=O) groups excluding carboxylic acids is 1. The lowest BCUT2D eigenvalue weighted by Gasteiger charge is -2.05. The number of aromatic nitrogens is 2. The average molecular weight is 289 g/mol. The molecule has 2 aromatic heterocycles. The molecule has 0 unspecified atom stereocenters. The van der Waals surface area contributed by atoms with Crippen molar-refractivity contribution in [1.82, 2.24) is 10.1 Å². The summed E-state index contributed by atoms with van der Waals surface area (Å²) in [5.41, 5.74) is 1.07. The first-order valence-electron chi connectivity index (χ1n) is 6.58. The zero-order valence-electron chi connectivity index (χ0n) is 11.9. The van der Waals surface area contributed by atoms with Gasteiger partial charge in [0.15, 0.2) is 0 Å². The maximum atomic E-state index is 12.2. The van der Waals surface area contributed by atoms with Crippen LogP contribution in [0, 0.1) is 24.2 Å². The number of pyridine rings is 1. The molecule has 2 N–H and O–H groups in total. The summed E-state index contributed by atoms with van der Waals surface area (Å²) in [5, 5.41) is 16.3. The number of amides is 1. The number of aliphatic carboxylic acids is 1. The second-order valence-electron chi connectivity index (χ2n) is 5.95. The van der Waals surface area contributed by atoms with Gasteiger partial charge in [-0.1, -0.05) is 19.0 Å². The molecule has 21 heavy (non-hydrogen) atoms. The molecule has 0 aliphatic heterocycles. The number of hydrogen-bond donors (Lipinski definition) is 2. The number of carboxylic acid groups (broad SMARTS) is 1. The Morgan fingerprint density at radius 2 is 2.10 bits per heavy atom. The SMILES string of the molecule is Cc1noc2ncc(NC(=O)[C@@H]3[C@H](C(=O)O)C3(C)C)cc12. The fourth-order valence-corrected chi connectivity index (χ4v) is 2.82. The van der Waals surface area contributed by atoms with Crippen molar-refractivity contribution in [2.75, 3.05) is 5.32 Å². The Kier molecular flexibility index (Phi) is 2.76. The van der Waals surface area contributed by atoms with Crippen LogP contribution in [0.3, 0.4) is 0 Å². The van der Waals surface area contributed by atoms with Crippen LogP contribution in [0.15, 0.2) is 16.8 Å². The smallest absolute Gasteiger partial charge is 0.307 e. The first-order valence-corrected chi connectivity index (χ1v) is 6.58. The molecule has 3 rings (SSSR count). The zero-order valence-corrected chi connectivity index (χ0v) is 11.9. The van der Waals surface area contributed by atoms with Gasteiger partial charge in [0, 0.05) is 0 Å². The molecular weight excluding hydrogens is 274 g/mol. The van der Waals surface area contributed by atoms with E-state index >= 15 is 0 Å². The van der Waals surface area contributed by atoms with Gasteiger partial charge in [-0.3, -0.25) is 9.59 Å². The summed E-state index contributed by atoms with van der Waals surface area (Å²) in [4.78, 5) is 27.4. The van der Waals surface area contributed by atoms with E-state index < -0.39 is 23.2 Å². The van der Waals surface area contributed by atoms with Gasteiger partial charge in [0.2, 0.25) is 5.91 Å². The van der Waals surface area contributed by atoms with Crippen molar-refractivity contribution in [3.63, 3.8) is 0 Å². The highest BCUT2D eigenvalue weighted by Gasteiger charge is 2.65. The number of nitrogens with one attached hydrogen (secondary N) is 1. The Hall–Kier alpha value is -2.44. The Labute approximate surface area is 120 Å². The third-order valence-corrected chi connectivity index (χ3v) is 4.15. The van der Waals surface area contributed by atoms with Gasteiger partial charge in [0.25, 0.3) is 5.71 Å². The number of carbonyl (C=O) groups is 2. The van der Waals surface area contributed by atoms with Gasteiger partial charge in [0.1, 0.15) is 0 Å². The van der Waals surface area contributed by atoms with Crippen molar-refractivity contribution in [1.29, 1.82) is 0 Å². The second kappa shape index (κ2) is 4.28. The van der Waals surface area contributed by atoms with Crippen LogP contribution in [0.1, 0.15) is 19.5 Å². The predicted molar refractivity (Wildman–Crippen MR) is 73.6 cm³/mol. The monoisotopic (exact) mass is 289 g/mol. The minimum Gasteiger partial charge on any atom is -0.481 e. The van der Waals surface area contributed by atoms with Crippen LogP contribution in [0.25, 0.3) is 11.1 Å². The third-order valence-electron chi connectivity index (χ3n) is 4.15. The highest BCUT2D eigenvalue weighted by Crippen LogP contribution is 2.58. The number of hydrogen-bond acceptors (Lipinski definition) is 5. The fraction of sp³-hybridized carbons (Fsp3) is 0.429. The minimum atomic E-state index is -0.941. The molecule has 7 heteroatoms. The van der Waals surface area contributed by atoms with Crippen LogP contribution in [-0.2, 0) is 9.59 Å². The molecular formula is C14H15N3O4. The fourth-order valence-electron chi connectivity index (χ4n) is 2.82. The van der Waals surface area contributed by atoms with Gasteiger partial charge in [-0.25, -0.2) is 4.98 Å². The number of nitrogens with zero attached hydrogens (tertiary/aromatic N) is 2. The average Bonchev–Trinajstić information content (AvgIpc) is 2.82. The van der Waals surface area contributed by atoms with Crippen LogP contribution < -0.4 is 5.32 Å². The van der Waals surface area contributed by atoms with Crippen LogP contribution in [-0.4, -0.2) is 27.1 Å². The Bertz CT molecular complexity index is 750. The van der Waals surface area contributed by atoms with Gasteiger partial charge < -0.3 is 14.9 Å². The molecule has 0 bridgehead atoms. The summed E-state index contributed by atoms with van der Waals surface area (Å²) in [5.74, 6) is -2.42. The number of rotatable bonds is 3. The van der Waals surface area contributed by atoms with E-state index in [1.54, 1.807) is 26.8 Å². The van der Waals surface area contributed by atoms with E-state index in [0.29, 0.717) is 17.1 Å². The van der Waals surface area contributed by atoms with E-state index in [2.05, 4.69) is 15.5 Å². The van der Waals surface area contributed by atoms with E-state index in [1.165, 1.54) is 6.20 Å².